The lowest BCUT2D eigenvalue weighted by Gasteiger charge is -2.24. The van der Waals surface area contributed by atoms with Crippen molar-refractivity contribution in [1.29, 1.82) is 5.26 Å². The molecule has 0 radical (unpaired) electrons. The van der Waals surface area contributed by atoms with Gasteiger partial charge in [-0.2, -0.15) is 10.4 Å². The summed E-state index contributed by atoms with van der Waals surface area (Å²) >= 11 is 1.86. The monoisotopic (exact) mass is 279 g/mol. The van der Waals surface area contributed by atoms with Gasteiger partial charge in [-0.25, -0.2) is 10.0 Å². The lowest BCUT2D eigenvalue weighted by atomic mass is 10.2. The second-order valence-corrected chi connectivity index (χ2v) is 10.9. The molecule has 0 aliphatic carbocycles. The molecule has 5 heteroatoms. The first-order chi connectivity index (χ1) is 8.42. The summed E-state index contributed by atoms with van der Waals surface area (Å²) in [4.78, 5) is 1.21. The van der Waals surface area contributed by atoms with Gasteiger partial charge in [-0.1, -0.05) is 6.07 Å². The molecule has 0 bridgehead atoms. The molecule has 0 spiro atoms. The van der Waals surface area contributed by atoms with Crippen molar-refractivity contribution in [3.8, 4) is 6.07 Å². The molecule has 2 aromatic rings. The molecule has 0 unspecified atom stereocenters. The maximum Gasteiger partial charge on any atom is 0.170 e. The third-order valence-corrected chi connectivity index (χ3v) is 6.44. The molecule has 2 rings (SSSR count). The predicted octanol–water partition coefficient (Wildman–Crippen LogP) is 3.19. The highest BCUT2D eigenvalue weighted by molar-refractivity contribution is 8.38. The maximum absolute atomic E-state index is 9.07. The highest BCUT2D eigenvalue weighted by atomic mass is 32.3. The maximum atomic E-state index is 9.07. The standard InChI is InChI=1S/C13H17N3S2/c1-16-13-10(11(8-14)15-16)6-5-7-12(13)17-9-18(2,3)4/h5-7H,9H2,1-4H3. The van der Waals surface area contributed by atoms with Gasteiger partial charge in [-0.05, 0) is 30.9 Å². The van der Waals surface area contributed by atoms with Crippen LogP contribution in [-0.4, -0.2) is 33.6 Å². The molecule has 0 atom stereocenters. The van der Waals surface area contributed by atoms with Gasteiger partial charge in [-0.15, -0.1) is 11.8 Å². The van der Waals surface area contributed by atoms with Crippen molar-refractivity contribution in [3.05, 3.63) is 23.9 Å². The lowest BCUT2D eigenvalue weighted by Crippen LogP contribution is -1.96. The Hall–Kier alpha value is -1.12. The zero-order valence-corrected chi connectivity index (χ0v) is 12.7. The van der Waals surface area contributed by atoms with Crippen LogP contribution >= 0.6 is 21.8 Å². The second-order valence-electron chi connectivity index (χ2n) is 5.09. The number of benzene rings is 1. The summed E-state index contributed by atoms with van der Waals surface area (Å²) in [6.07, 6.45) is 6.93. The first kappa shape index (κ1) is 13.3. The molecule has 0 fully saturated rings. The second kappa shape index (κ2) is 4.87. The van der Waals surface area contributed by atoms with Crippen LogP contribution in [0.1, 0.15) is 5.69 Å². The Morgan fingerprint density at radius 3 is 2.72 bits per heavy atom. The van der Waals surface area contributed by atoms with E-state index in [1.807, 2.05) is 35.6 Å². The van der Waals surface area contributed by atoms with Gasteiger partial charge in [0, 0.05) is 22.4 Å². The molecular weight excluding hydrogens is 262 g/mol. The number of nitriles is 1. The third kappa shape index (κ3) is 2.65. The van der Waals surface area contributed by atoms with Gasteiger partial charge in [-0.3, -0.25) is 4.68 Å². The summed E-state index contributed by atoms with van der Waals surface area (Å²) in [7, 11) is 1.37. The van der Waals surface area contributed by atoms with E-state index in [0.717, 1.165) is 16.0 Å². The van der Waals surface area contributed by atoms with Crippen LogP contribution in [0, 0.1) is 11.3 Å². The van der Waals surface area contributed by atoms with Gasteiger partial charge in [0.05, 0.1) is 5.52 Å². The van der Waals surface area contributed by atoms with Crippen LogP contribution in [0.5, 0.6) is 0 Å². The molecule has 18 heavy (non-hydrogen) atoms. The third-order valence-electron chi connectivity index (χ3n) is 2.50. The van der Waals surface area contributed by atoms with E-state index in [9.17, 15) is 0 Å². The molecule has 1 heterocycles. The Balaban J connectivity index is 2.46. The fraction of sp³-hybridized carbons (Fsp3) is 0.385. The fourth-order valence-corrected chi connectivity index (χ4v) is 4.22. The number of hydrogen-bond donors (Lipinski definition) is 0. The van der Waals surface area contributed by atoms with Crippen molar-refractivity contribution >= 4 is 32.7 Å². The molecule has 0 N–H and O–H groups in total. The van der Waals surface area contributed by atoms with E-state index in [2.05, 4.69) is 36.0 Å². The van der Waals surface area contributed by atoms with Crippen molar-refractivity contribution in [2.75, 3.05) is 23.9 Å². The molecule has 1 aromatic carbocycles. The van der Waals surface area contributed by atoms with Gasteiger partial charge >= 0.3 is 0 Å². The molecule has 1 aromatic heterocycles. The van der Waals surface area contributed by atoms with Crippen molar-refractivity contribution < 1.29 is 0 Å². The SMILES string of the molecule is Cn1nc(C#N)c2cccc(SCS(C)(C)C)c21. The minimum absolute atomic E-state index is 0.512. The van der Waals surface area contributed by atoms with Crippen molar-refractivity contribution in [3.63, 3.8) is 0 Å². The first-order valence-electron chi connectivity index (χ1n) is 5.57. The van der Waals surface area contributed by atoms with Crippen LogP contribution in [0.2, 0.25) is 0 Å². The summed E-state index contributed by atoms with van der Waals surface area (Å²) < 4.78 is 1.81. The minimum atomic E-state index is -0.534. The highest BCUT2D eigenvalue weighted by Crippen LogP contribution is 2.42. The molecule has 0 amide bonds. The summed E-state index contributed by atoms with van der Waals surface area (Å²) in [6, 6.07) is 8.24. The first-order valence-corrected chi connectivity index (χ1v) is 9.58. The van der Waals surface area contributed by atoms with Gasteiger partial charge in [0.25, 0.3) is 0 Å². The van der Waals surface area contributed by atoms with E-state index in [-0.39, 0.29) is 0 Å². The fourth-order valence-electron chi connectivity index (χ4n) is 1.74. The molecule has 3 nitrogen and oxygen atoms in total. The largest absolute Gasteiger partial charge is 0.265 e. The zero-order chi connectivity index (χ0) is 13.3. The van der Waals surface area contributed by atoms with Crippen LogP contribution in [-0.2, 0) is 7.05 Å². The van der Waals surface area contributed by atoms with Gasteiger partial charge in [0.15, 0.2) is 5.69 Å². The van der Waals surface area contributed by atoms with E-state index in [1.165, 1.54) is 4.90 Å². The molecule has 0 saturated heterocycles. The van der Waals surface area contributed by atoms with Crippen molar-refractivity contribution in [2.24, 2.45) is 7.05 Å². The van der Waals surface area contributed by atoms with Crippen molar-refractivity contribution in [2.45, 2.75) is 4.90 Å². The van der Waals surface area contributed by atoms with Gasteiger partial charge < -0.3 is 0 Å². The number of thioether (sulfide) groups is 1. The number of aromatic nitrogens is 2. The van der Waals surface area contributed by atoms with Gasteiger partial charge in [0.2, 0.25) is 0 Å². The molecular formula is C13H17N3S2. The summed E-state index contributed by atoms with van der Waals surface area (Å²) in [5.41, 5.74) is 1.58. The molecule has 96 valence electrons. The van der Waals surface area contributed by atoms with Crippen LogP contribution < -0.4 is 0 Å². The van der Waals surface area contributed by atoms with Gasteiger partial charge in [0.1, 0.15) is 6.07 Å². The Morgan fingerprint density at radius 2 is 2.11 bits per heavy atom. The Bertz CT molecular complexity index is 617. The lowest BCUT2D eigenvalue weighted by molar-refractivity contribution is 0.786. The summed E-state index contributed by atoms with van der Waals surface area (Å²) in [5, 5.41) is 15.4. The predicted molar refractivity (Wildman–Crippen MR) is 81.5 cm³/mol. The normalized spacial score (nSPS) is 12.6. The number of fused-ring (bicyclic) bond motifs is 1. The Labute approximate surface area is 113 Å². The topological polar surface area (TPSA) is 41.6 Å². The minimum Gasteiger partial charge on any atom is -0.265 e. The van der Waals surface area contributed by atoms with Crippen LogP contribution in [0.4, 0.5) is 0 Å². The smallest absolute Gasteiger partial charge is 0.170 e. The van der Waals surface area contributed by atoms with Crippen LogP contribution in [0.15, 0.2) is 23.1 Å². The number of para-hydroxylation sites is 1. The number of hydrogen-bond acceptors (Lipinski definition) is 3. The van der Waals surface area contributed by atoms with E-state index in [0.29, 0.717) is 5.69 Å². The molecule has 0 aliphatic heterocycles. The van der Waals surface area contributed by atoms with E-state index in [4.69, 9.17) is 5.26 Å². The van der Waals surface area contributed by atoms with E-state index in [1.54, 1.807) is 0 Å². The zero-order valence-electron chi connectivity index (χ0n) is 11.1. The number of aryl methyl sites for hydroxylation is 1. The highest BCUT2D eigenvalue weighted by Gasteiger charge is 2.13. The summed E-state index contributed by atoms with van der Waals surface area (Å²) in [5.74, 6) is 0. The van der Waals surface area contributed by atoms with Crippen LogP contribution in [0.3, 0.4) is 0 Å². The van der Waals surface area contributed by atoms with Crippen molar-refractivity contribution in [1.82, 2.24) is 9.78 Å². The number of rotatable bonds is 3. The average molecular weight is 279 g/mol. The van der Waals surface area contributed by atoms with E-state index >= 15 is 0 Å². The summed E-state index contributed by atoms with van der Waals surface area (Å²) in [6.45, 7) is 0. The quantitative estimate of drug-likeness (QED) is 0.810. The average Bonchev–Trinajstić information content (AvgIpc) is 2.63. The Morgan fingerprint density at radius 1 is 1.39 bits per heavy atom. The molecule has 0 aliphatic rings. The number of nitrogens with zero attached hydrogens (tertiary/aromatic N) is 3. The Kier molecular flexibility index (Phi) is 3.60. The van der Waals surface area contributed by atoms with Crippen LogP contribution in [0.25, 0.3) is 10.9 Å². The molecule has 0 saturated carbocycles. The van der Waals surface area contributed by atoms with E-state index < -0.39 is 10.0 Å².